The number of hydrogen-bond donors (Lipinski definition) is 3. The molecule has 0 fully saturated rings. The summed E-state index contributed by atoms with van der Waals surface area (Å²) in [6.45, 7) is 2.38. The van der Waals surface area contributed by atoms with Gasteiger partial charge in [-0.1, -0.05) is 6.92 Å². The van der Waals surface area contributed by atoms with Crippen molar-refractivity contribution in [2.24, 2.45) is 0 Å². The highest BCUT2D eigenvalue weighted by atomic mass is 16.4. The van der Waals surface area contributed by atoms with Gasteiger partial charge in [-0.15, -0.1) is 0 Å². The molecule has 1 rings (SSSR count). The van der Waals surface area contributed by atoms with Crippen molar-refractivity contribution in [2.45, 2.75) is 13.3 Å². The molecule has 16 heavy (non-hydrogen) atoms. The first-order chi connectivity index (χ1) is 7.56. The second-order valence-corrected chi connectivity index (χ2v) is 3.29. The molecule has 1 amide bonds. The van der Waals surface area contributed by atoms with E-state index in [9.17, 15) is 14.7 Å². The summed E-state index contributed by atoms with van der Waals surface area (Å²) in [5.74, 6) is -1.83. The number of hydrogen-bond acceptors (Lipinski definition) is 3. The Morgan fingerprint density at radius 2 is 2.06 bits per heavy atom. The van der Waals surface area contributed by atoms with Gasteiger partial charge >= 0.3 is 5.97 Å². The lowest BCUT2D eigenvalue weighted by Crippen LogP contribution is -2.24. The molecule has 0 saturated carbocycles. The molecule has 0 radical (unpaired) electrons. The quantitative estimate of drug-likeness (QED) is 0.716. The highest BCUT2D eigenvalue weighted by Gasteiger charge is 2.13. The van der Waals surface area contributed by atoms with Crippen LogP contribution in [0.25, 0.3) is 0 Å². The highest BCUT2D eigenvalue weighted by Crippen LogP contribution is 2.18. The van der Waals surface area contributed by atoms with Crippen LogP contribution in [0.4, 0.5) is 0 Å². The Bertz CT molecular complexity index is 414. The minimum Gasteiger partial charge on any atom is -0.507 e. The zero-order chi connectivity index (χ0) is 12.1. The molecule has 0 aliphatic heterocycles. The normalized spacial score (nSPS) is 9.81. The van der Waals surface area contributed by atoms with Gasteiger partial charge in [-0.2, -0.15) is 0 Å². The first-order valence-corrected chi connectivity index (χ1v) is 4.90. The Hall–Kier alpha value is -2.04. The molecule has 0 aromatic heterocycles. The number of phenols is 1. The lowest BCUT2D eigenvalue weighted by molar-refractivity contribution is 0.0697. The molecule has 0 atom stereocenters. The Morgan fingerprint density at radius 3 is 2.62 bits per heavy atom. The minimum absolute atomic E-state index is 0.0200. The van der Waals surface area contributed by atoms with Gasteiger partial charge in [0.25, 0.3) is 5.91 Å². The van der Waals surface area contributed by atoms with E-state index in [1.165, 1.54) is 12.1 Å². The number of rotatable bonds is 4. The van der Waals surface area contributed by atoms with E-state index in [0.717, 1.165) is 12.5 Å². The maximum atomic E-state index is 11.5. The number of amides is 1. The fourth-order valence-corrected chi connectivity index (χ4v) is 1.18. The fraction of sp³-hybridized carbons (Fsp3) is 0.273. The number of aromatic carboxylic acids is 1. The van der Waals surface area contributed by atoms with E-state index >= 15 is 0 Å². The Kier molecular flexibility index (Phi) is 3.88. The summed E-state index contributed by atoms with van der Waals surface area (Å²) in [6, 6.07) is 3.60. The van der Waals surface area contributed by atoms with Gasteiger partial charge in [0.1, 0.15) is 5.75 Å². The summed E-state index contributed by atoms with van der Waals surface area (Å²) in [5.41, 5.74) is -0.0483. The number of carboxylic acid groups (broad SMARTS) is 1. The number of carbonyl (C=O) groups excluding carboxylic acids is 1. The molecule has 86 valence electrons. The third-order valence-electron chi connectivity index (χ3n) is 2.02. The van der Waals surface area contributed by atoms with Gasteiger partial charge in [0, 0.05) is 6.54 Å². The van der Waals surface area contributed by atoms with Crippen molar-refractivity contribution in [3.63, 3.8) is 0 Å². The van der Waals surface area contributed by atoms with Crippen LogP contribution in [0.1, 0.15) is 34.1 Å². The zero-order valence-electron chi connectivity index (χ0n) is 8.86. The van der Waals surface area contributed by atoms with E-state index < -0.39 is 11.9 Å². The standard InChI is InChI=1S/C11H13NO4/c1-2-5-12-10(14)8-6-7(11(15)16)3-4-9(8)13/h3-4,6,13H,2,5H2,1H3,(H,12,14)(H,15,16). The van der Waals surface area contributed by atoms with Crippen molar-refractivity contribution >= 4 is 11.9 Å². The molecule has 0 bridgehead atoms. The number of carboxylic acids is 1. The summed E-state index contributed by atoms with van der Waals surface area (Å²) in [7, 11) is 0. The maximum Gasteiger partial charge on any atom is 0.335 e. The monoisotopic (exact) mass is 223 g/mol. The van der Waals surface area contributed by atoms with Crippen LogP contribution in [0.5, 0.6) is 5.75 Å². The molecule has 0 heterocycles. The van der Waals surface area contributed by atoms with Crippen LogP contribution < -0.4 is 5.32 Å². The summed E-state index contributed by atoms with van der Waals surface area (Å²) in [4.78, 5) is 22.2. The van der Waals surface area contributed by atoms with E-state index in [4.69, 9.17) is 5.11 Å². The molecule has 0 aliphatic carbocycles. The van der Waals surface area contributed by atoms with Gasteiger partial charge < -0.3 is 15.5 Å². The van der Waals surface area contributed by atoms with Gasteiger partial charge in [0.15, 0.2) is 0 Å². The predicted octanol–water partition coefficient (Wildman–Crippen LogP) is 1.23. The molecule has 3 N–H and O–H groups in total. The third-order valence-corrected chi connectivity index (χ3v) is 2.02. The van der Waals surface area contributed by atoms with Crippen LogP contribution in [0, 0.1) is 0 Å². The minimum atomic E-state index is -1.13. The maximum absolute atomic E-state index is 11.5. The molecule has 0 spiro atoms. The predicted molar refractivity (Wildman–Crippen MR) is 57.7 cm³/mol. The molecule has 5 heteroatoms. The SMILES string of the molecule is CCCNC(=O)c1cc(C(=O)O)ccc1O. The van der Waals surface area contributed by atoms with Crippen molar-refractivity contribution in [3.05, 3.63) is 29.3 Å². The van der Waals surface area contributed by atoms with Gasteiger partial charge in [-0.05, 0) is 24.6 Å². The Morgan fingerprint density at radius 1 is 1.38 bits per heavy atom. The number of phenolic OH excluding ortho intramolecular Hbond substituents is 1. The average Bonchev–Trinajstić information content (AvgIpc) is 2.26. The first-order valence-electron chi connectivity index (χ1n) is 4.90. The van der Waals surface area contributed by atoms with Gasteiger partial charge in [0.05, 0.1) is 11.1 Å². The first kappa shape index (κ1) is 12.0. The van der Waals surface area contributed by atoms with Crippen molar-refractivity contribution in [3.8, 4) is 5.75 Å². The summed E-state index contributed by atoms with van der Waals surface area (Å²) >= 11 is 0. The second-order valence-electron chi connectivity index (χ2n) is 3.29. The van der Waals surface area contributed by atoms with Crippen molar-refractivity contribution < 1.29 is 19.8 Å². The summed E-state index contributed by atoms with van der Waals surface area (Å²) < 4.78 is 0. The molecule has 0 unspecified atom stereocenters. The molecular weight excluding hydrogens is 210 g/mol. The van der Waals surface area contributed by atoms with E-state index in [1.807, 2.05) is 6.92 Å². The smallest absolute Gasteiger partial charge is 0.335 e. The Labute approximate surface area is 92.7 Å². The number of aromatic hydroxyl groups is 1. The van der Waals surface area contributed by atoms with E-state index in [2.05, 4.69) is 5.32 Å². The van der Waals surface area contributed by atoms with Crippen LogP contribution >= 0.6 is 0 Å². The molecule has 5 nitrogen and oxygen atoms in total. The average molecular weight is 223 g/mol. The van der Waals surface area contributed by atoms with E-state index in [-0.39, 0.29) is 16.9 Å². The van der Waals surface area contributed by atoms with Crippen LogP contribution in [0.3, 0.4) is 0 Å². The van der Waals surface area contributed by atoms with E-state index in [1.54, 1.807) is 0 Å². The van der Waals surface area contributed by atoms with Gasteiger partial charge in [-0.3, -0.25) is 4.79 Å². The number of benzene rings is 1. The summed E-state index contributed by atoms with van der Waals surface area (Å²) in [5, 5.41) is 20.7. The number of nitrogens with one attached hydrogen (secondary N) is 1. The van der Waals surface area contributed by atoms with Gasteiger partial charge in [-0.25, -0.2) is 4.79 Å². The zero-order valence-corrected chi connectivity index (χ0v) is 8.86. The van der Waals surface area contributed by atoms with Crippen LogP contribution in [0.2, 0.25) is 0 Å². The number of carbonyl (C=O) groups is 2. The molecule has 1 aromatic carbocycles. The van der Waals surface area contributed by atoms with Crippen LogP contribution in [-0.4, -0.2) is 28.6 Å². The molecule has 1 aromatic rings. The topological polar surface area (TPSA) is 86.6 Å². The van der Waals surface area contributed by atoms with Crippen LogP contribution in [0.15, 0.2) is 18.2 Å². The largest absolute Gasteiger partial charge is 0.507 e. The third kappa shape index (κ3) is 2.73. The molecule has 0 saturated heterocycles. The molecule has 0 aliphatic rings. The van der Waals surface area contributed by atoms with E-state index in [0.29, 0.717) is 6.54 Å². The van der Waals surface area contributed by atoms with Crippen molar-refractivity contribution in [1.29, 1.82) is 0 Å². The van der Waals surface area contributed by atoms with Crippen molar-refractivity contribution in [2.75, 3.05) is 6.54 Å². The van der Waals surface area contributed by atoms with Gasteiger partial charge in [0.2, 0.25) is 0 Å². The second kappa shape index (κ2) is 5.16. The Balaban J connectivity index is 2.97. The van der Waals surface area contributed by atoms with Crippen molar-refractivity contribution in [1.82, 2.24) is 5.32 Å². The summed E-state index contributed by atoms with van der Waals surface area (Å²) in [6.07, 6.45) is 0.769. The lowest BCUT2D eigenvalue weighted by atomic mass is 10.1. The van der Waals surface area contributed by atoms with Crippen LogP contribution in [-0.2, 0) is 0 Å². The molecular formula is C11H13NO4. The lowest BCUT2D eigenvalue weighted by Gasteiger charge is -2.06. The highest BCUT2D eigenvalue weighted by molar-refractivity contribution is 5.99. The fourth-order valence-electron chi connectivity index (χ4n) is 1.18.